The number of imidazole rings is 1. The summed E-state index contributed by atoms with van der Waals surface area (Å²) in [5, 5.41) is 14.2. The van der Waals surface area contributed by atoms with Crippen molar-refractivity contribution in [2.45, 2.75) is 26.8 Å². The highest BCUT2D eigenvalue weighted by Gasteiger charge is 2.13. The molecule has 0 radical (unpaired) electrons. The van der Waals surface area contributed by atoms with Crippen molar-refractivity contribution < 1.29 is 4.79 Å². The predicted octanol–water partition coefficient (Wildman–Crippen LogP) is 2.10. The summed E-state index contributed by atoms with van der Waals surface area (Å²) in [6.45, 7) is 5.79. The zero-order chi connectivity index (χ0) is 18.8. The summed E-state index contributed by atoms with van der Waals surface area (Å²) in [4.78, 5) is 17.2. The van der Waals surface area contributed by atoms with Crippen molar-refractivity contribution in [3.8, 4) is 0 Å². The Morgan fingerprint density at radius 2 is 2.07 bits per heavy atom. The van der Waals surface area contributed by atoms with Crippen molar-refractivity contribution in [2.75, 3.05) is 6.54 Å². The number of benzene rings is 1. The second kappa shape index (κ2) is 7.14. The fraction of sp³-hybridized carbons (Fsp3) is 0.316. The lowest BCUT2D eigenvalue weighted by molar-refractivity contribution is 0.0954. The molecule has 8 nitrogen and oxygen atoms in total. The van der Waals surface area contributed by atoms with Gasteiger partial charge in [-0.2, -0.15) is 0 Å². The van der Waals surface area contributed by atoms with E-state index in [2.05, 4.69) is 45.3 Å². The minimum atomic E-state index is -0.146. The predicted molar refractivity (Wildman–Crippen MR) is 101 cm³/mol. The first-order valence-electron chi connectivity index (χ1n) is 9.02. The Labute approximate surface area is 156 Å². The van der Waals surface area contributed by atoms with Crippen molar-refractivity contribution in [2.24, 2.45) is 5.92 Å². The zero-order valence-electron chi connectivity index (χ0n) is 15.3. The Bertz CT molecular complexity index is 1100. The summed E-state index contributed by atoms with van der Waals surface area (Å²) in [6, 6.07) is 11.5. The van der Waals surface area contributed by atoms with E-state index in [-0.39, 0.29) is 5.91 Å². The molecule has 1 aromatic carbocycles. The molecule has 138 valence electrons. The molecule has 3 aromatic heterocycles. The largest absolute Gasteiger partial charge is 0.352 e. The zero-order valence-corrected chi connectivity index (χ0v) is 15.3. The van der Waals surface area contributed by atoms with Crippen molar-refractivity contribution in [1.29, 1.82) is 0 Å². The van der Waals surface area contributed by atoms with Crippen LogP contribution in [0.1, 0.15) is 30.0 Å². The summed E-state index contributed by atoms with van der Waals surface area (Å²) in [7, 11) is 0. The molecule has 0 saturated heterocycles. The molecule has 0 spiro atoms. The Morgan fingerprint density at radius 3 is 2.93 bits per heavy atom. The Hall–Kier alpha value is -3.29. The van der Waals surface area contributed by atoms with Gasteiger partial charge in [0.15, 0.2) is 5.65 Å². The minimum absolute atomic E-state index is 0.146. The monoisotopic (exact) mass is 363 g/mol. The van der Waals surface area contributed by atoms with Gasteiger partial charge in [0.25, 0.3) is 5.91 Å². The van der Waals surface area contributed by atoms with Gasteiger partial charge in [-0.15, -0.1) is 5.10 Å². The molecule has 8 heteroatoms. The van der Waals surface area contributed by atoms with Gasteiger partial charge in [-0.1, -0.05) is 26.0 Å². The lowest BCUT2D eigenvalue weighted by atomic mass is 10.2. The molecule has 0 aliphatic rings. The van der Waals surface area contributed by atoms with E-state index in [0.29, 0.717) is 30.1 Å². The van der Waals surface area contributed by atoms with E-state index in [1.54, 1.807) is 18.3 Å². The van der Waals surface area contributed by atoms with Gasteiger partial charge in [-0.3, -0.25) is 4.79 Å². The molecule has 0 aliphatic heterocycles. The van der Waals surface area contributed by atoms with E-state index in [0.717, 1.165) is 23.4 Å². The van der Waals surface area contributed by atoms with E-state index in [1.165, 1.54) is 4.52 Å². The van der Waals surface area contributed by atoms with Crippen molar-refractivity contribution in [3.63, 3.8) is 0 Å². The van der Waals surface area contributed by atoms with Crippen LogP contribution in [0.15, 0.2) is 42.6 Å². The number of carbonyl (C=O) groups is 1. The van der Waals surface area contributed by atoms with E-state index >= 15 is 0 Å². The average Bonchev–Trinajstić information content (AvgIpc) is 3.25. The first kappa shape index (κ1) is 17.1. The molecule has 0 bridgehead atoms. The number of para-hydroxylation sites is 2. The quantitative estimate of drug-likeness (QED) is 0.567. The Morgan fingerprint density at radius 1 is 1.22 bits per heavy atom. The summed E-state index contributed by atoms with van der Waals surface area (Å²) in [5.41, 5.74) is 3.20. The summed E-state index contributed by atoms with van der Waals surface area (Å²) >= 11 is 0. The van der Waals surface area contributed by atoms with Crippen LogP contribution in [0, 0.1) is 5.92 Å². The maximum Gasteiger partial charge on any atom is 0.251 e. The van der Waals surface area contributed by atoms with Crippen molar-refractivity contribution in [1.82, 2.24) is 34.9 Å². The maximum atomic E-state index is 12.4. The SMILES string of the molecule is CC(C)Cn1c(CCNC(=O)c2ccn3nnnc3c2)nc2ccccc21. The van der Waals surface area contributed by atoms with Gasteiger partial charge in [-0.25, -0.2) is 9.50 Å². The molecule has 0 atom stereocenters. The first-order valence-corrected chi connectivity index (χ1v) is 9.02. The summed E-state index contributed by atoms with van der Waals surface area (Å²) < 4.78 is 3.77. The second-order valence-corrected chi connectivity index (χ2v) is 6.92. The second-order valence-electron chi connectivity index (χ2n) is 6.92. The number of fused-ring (bicyclic) bond motifs is 2. The standard InChI is InChI=1S/C19H21N7O/c1-13(2)12-25-16-6-4-3-5-15(16)21-17(25)7-9-20-19(27)14-8-10-26-18(11-14)22-23-24-26/h3-6,8,10-11,13H,7,9,12H2,1-2H3,(H,20,27). The fourth-order valence-corrected chi connectivity index (χ4v) is 3.16. The number of nitrogens with zero attached hydrogens (tertiary/aromatic N) is 6. The number of rotatable bonds is 6. The normalized spacial score (nSPS) is 11.5. The van der Waals surface area contributed by atoms with Gasteiger partial charge in [0.05, 0.1) is 11.0 Å². The van der Waals surface area contributed by atoms with Crippen LogP contribution < -0.4 is 5.32 Å². The number of hydrogen-bond donors (Lipinski definition) is 1. The lowest BCUT2D eigenvalue weighted by Gasteiger charge is -2.12. The van der Waals surface area contributed by atoms with E-state index in [4.69, 9.17) is 4.98 Å². The number of pyridine rings is 1. The number of aromatic nitrogens is 6. The molecular weight excluding hydrogens is 342 g/mol. The van der Waals surface area contributed by atoms with Gasteiger partial charge in [0.1, 0.15) is 5.82 Å². The highest BCUT2D eigenvalue weighted by Crippen LogP contribution is 2.18. The minimum Gasteiger partial charge on any atom is -0.352 e. The van der Waals surface area contributed by atoms with Gasteiger partial charge < -0.3 is 9.88 Å². The molecule has 0 saturated carbocycles. The van der Waals surface area contributed by atoms with Crippen LogP contribution in [-0.2, 0) is 13.0 Å². The topological polar surface area (TPSA) is 90.0 Å². The highest BCUT2D eigenvalue weighted by molar-refractivity contribution is 5.94. The van der Waals surface area contributed by atoms with Crippen LogP contribution >= 0.6 is 0 Å². The highest BCUT2D eigenvalue weighted by atomic mass is 16.1. The van der Waals surface area contributed by atoms with Crippen LogP contribution in [0.3, 0.4) is 0 Å². The number of tetrazole rings is 1. The maximum absolute atomic E-state index is 12.4. The Balaban J connectivity index is 1.47. The fourth-order valence-electron chi connectivity index (χ4n) is 3.16. The molecule has 1 amide bonds. The van der Waals surface area contributed by atoms with Crippen LogP contribution in [0.4, 0.5) is 0 Å². The average molecular weight is 363 g/mol. The third-order valence-corrected chi connectivity index (χ3v) is 4.38. The Kier molecular flexibility index (Phi) is 4.53. The van der Waals surface area contributed by atoms with E-state index in [9.17, 15) is 4.79 Å². The molecule has 1 N–H and O–H groups in total. The molecule has 27 heavy (non-hydrogen) atoms. The molecule has 0 fully saturated rings. The van der Waals surface area contributed by atoms with Crippen LogP contribution in [0.2, 0.25) is 0 Å². The van der Waals surface area contributed by atoms with Gasteiger partial charge in [-0.05, 0) is 40.6 Å². The van der Waals surface area contributed by atoms with Crippen LogP contribution in [0.25, 0.3) is 16.7 Å². The van der Waals surface area contributed by atoms with Crippen LogP contribution in [0.5, 0.6) is 0 Å². The van der Waals surface area contributed by atoms with E-state index < -0.39 is 0 Å². The van der Waals surface area contributed by atoms with Crippen molar-refractivity contribution in [3.05, 3.63) is 54.0 Å². The van der Waals surface area contributed by atoms with E-state index in [1.807, 2.05) is 18.2 Å². The molecular formula is C19H21N7O. The number of nitrogens with one attached hydrogen (secondary N) is 1. The molecule has 3 heterocycles. The summed E-state index contributed by atoms with van der Waals surface area (Å²) in [6.07, 6.45) is 2.34. The number of amides is 1. The molecule has 0 aliphatic carbocycles. The third-order valence-electron chi connectivity index (χ3n) is 4.38. The number of carbonyl (C=O) groups excluding carboxylic acids is 1. The molecule has 4 aromatic rings. The smallest absolute Gasteiger partial charge is 0.251 e. The van der Waals surface area contributed by atoms with Gasteiger partial charge >= 0.3 is 0 Å². The molecule has 4 rings (SSSR count). The molecule has 0 unspecified atom stereocenters. The van der Waals surface area contributed by atoms with Crippen LogP contribution in [-0.4, -0.2) is 42.0 Å². The number of hydrogen-bond acceptors (Lipinski definition) is 5. The van der Waals surface area contributed by atoms with Crippen molar-refractivity contribution >= 4 is 22.6 Å². The van der Waals surface area contributed by atoms with Gasteiger partial charge in [0.2, 0.25) is 0 Å². The summed E-state index contributed by atoms with van der Waals surface area (Å²) in [5.74, 6) is 1.36. The third kappa shape index (κ3) is 3.51. The first-order chi connectivity index (χ1) is 13.1. The van der Waals surface area contributed by atoms with Gasteiger partial charge in [0, 0.05) is 31.3 Å². The lowest BCUT2D eigenvalue weighted by Crippen LogP contribution is -2.26.